The molecule has 0 atom stereocenters. The average molecular weight is 375 g/mol. The second-order valence-electron chi connectivity index (χ2n) is 3.18. The van der Waals surface area contributed by atoms with E-state index in [0.29, 0.717) is 10.2 Å². The highest BCUT2D eigenvalue weighted by Crippen LogP contribution is 2.30. The van der Waals surface area contributed by atoms with Gasteiger partial charge in [-0.3, -0.25) is 15.1 Å². The molecule has 6 nitrogen and oxygen atoms in total. The van der Waals surface area contributed by atoms with E-state index >= 15 is 0 Å². The van der Waals surface area contributed by atoms with E-state index in [1.807, 2.05) is 0 Å². The molecular formula is C10H5Br2N3O3. The highest BCUT2D eigenvalue weighted by atomic mass is 79.9. The summed E-state index contributed by atoms with van der Waals surface area (Å²) in [5.41, 5.74) is -0.110. The Morgan fingerprint density at radius 2 is 2.00 bits per heavy atom. The van der Waals surface area contributed by atoms with Gasteiger partial charge in [-0.2, -0.15) is 0 Å². The van der Waals surface area contributed by atoms with Crippen LogP contribution in [0.1, 0.15) is 0 Å². The second kappa shape index (κ2) is 5.40. The number of aromatic nitrogens is 2. The lowest BCUT2D eigenvalue weighted by Gasteiger charge is -2.05. The summed E-state index contributed by atoms with van der Waals surface area (Å²) >= 11 is 6.43. The van der Waals surface area contributed by atoms with Crippen LogP contribution in [0, 0.1) is 10.1 Å². The molecule has 0 aliphatic heterocycles. The molecule has 0 radical (unpaired) electrons. The molecule has 18 heavy (non-hydrogen) atoms. The summed E-state index contributed by atoms with van der Waals surface area (Å²) in [5.74, 6) is 0.715. The largest absolute Gasteiger partial charge is 0.436 e. The molecule has 0 fully saturated rings. The monoisotopic (exact) mass is 373 g/mol. The predicted octanol–water partition coefficient (Wildman–Crippen LogP) is 3.70. The van der Waals surface area contributed by atoms with Gasteiger partial charge in [0, 0.05) is 16.7 Å². The molecule has 0 N–H and O–H groups in total. The molecular weight excluding hydrogens is 370 g/mol. The molecule has 2 aromatic heterocycles. The van der Waals surface area contributed by atoms with Crippen LogP contribution in [0.2, 0.25) is 0 Å². The van der Waals surface area contributed by atoms with Gasteiger partial charge < -0.3 is 4.74 Å². The fourth-order valence-corrected chi connectivity index (χ4v) is 1.91. The van der Waals surface area contributed by atoms with Crippen LogP contribution in [0.5, 0.6) is 11.6 Å². The second-order valence-corrected chi connectivity index (χ2v) is 4.95. The molecule has 2 aromatic rings. The van der Waals surface area contributed by atoms with Crippen molar-refractivity contribution < 1.29 is 9.66 Å². The van der Waals surface area contributed by atoms with Crippen LogP contribution in [-0.4, -0.2) is 14.9 Å². The number of nitrogens with zero attached hydrogens (tertiary/aromatic N) is 3. The SMILES string of the molecule is O=[N+]([O-])c1cnc(Oc2cncc(Br)c2)c(Br)c1. The Balaban J connectivity index is 2.27. The average Bonchev–Trinajstić information content (AvgIpc) is 2.31. The standard InChI is InChI=1S/C10H5Br2N3O3/c11-6-1-8(5-13-3-6)18-10-9(12)2-7(4-14-10)15(16)17/h1-5H. The lowest BCUT2D eigenvalue weighted by molar-refractivity contribution is -0.385. The van der Waals surface area contributed by atoms with Crippen LogP contribution in [0.4, 0.5) is 5.69 Å². The normalized spacial score (nSPS) is 10.1. The molecule has 0 aliphatic carbocycles. The van der Waals surface area contributed by atoms with E-state index in [1.165, 1.54) is 12.3 Å². The van der Waals surface area contributed by atoms with Gasteiger partial charge in [0.1, 0.15) is 11.9 Å². The molecule has 0 aliphatic rings. The van der Waals surface area contributed by atoms with E-state index < -0.39 is 4.92 Å². The van der Waals surface area contributed by atoms with E-state index in [0.717, 1.165) is 10.7 Å². The Hall–Kier alpha value is -1.54. The highest BCUT2D eigenvalue weighted by Gasteiger charge is 2.12. The molecule has 0 saturated heterocycles. The first-order valence-corrected chi connectivity index (χ1v) is 6.23. The third kappa shape index (κ3) is 3.02. The number of ether oxygens (including phenoxy) is 1. The minimum Gasteiger partial charge on any atom is -0.436 e. The molecule has 92 valence electrons. The zero-order chi connectivity index (χ0) is 13.1. The van der Waals surface area contributed by atoms with Gasteiger partial charge in [-0.15, -0.1) is 0 Å². The third-order valence-electron chi connectivity index (χ3n) is 1.90. The molecule has 8 heteroatoms. The summed E-state index contributed by atoms with van der Waals surface area (Å²) in [4.78, 5) is 17.8. The highest BCUT2D eigenvalue weighted by molar-refractivity contribution is 9.10. The van der Waals surface area contributed by atoms with Crippen molar-refractivity contribution >= 4 is 37.5 Å². The lowest BCUT2D eigenvalue weighted by Crippen LogP contribution is -1.93. The van der Waals surface area contributed by atoms with Crippen molar-refractivity contribution in [1.29, 1.82) is 0 Å². The van der Waals surface area contributed by atoms with Gasteiger partial charge in [-0.25, -0.2) is 4.98 Å². The van der Waals surface area contributed by atoms with Gasteiger partial charge in [-0.1, -0.05) is 0 Å². The summed E-state index contributed by atoms with van der Waals surface area (Å²) in [6, 6.07) is 3.04. The zero-order valence-electron chi connectivity index (χ0n) is 8.71. The van der Waals surface area contributed by atoms with E-state index in [9.17, 15) is 10.1 Å². The van der Waals surface area contributed by atoms with Crippen molar-refractivity contribution in [3.05, 3.63) is 49.8 Å². The fraction of sp³-hybridized carbons (Fsp3) is 0. The minimum atomic E-state index is -0.526. The van der Waals surface area contributed by atoms with Crippen molar-refractivity contribution in [2.75, 3.05) is 0 Å². The number of halogens is 2. The van der Waals surface area contributed by atoms with Crippen LogP contribution >= 0.6 is 31.9 Å². The van der Waals surface area contributed by atoms with Gasteiger partial charge in [0.15, 0.2) is 0 Å². The van der Waals surface area contributed by atoms with Gasteiger partial charge in [0.05, 0.1) is 15.6 Å². The maximum Gasteiger partial charge on any atom is 0.288 e. The van der Waals surface area contributed by atoms with Gasteiger partial charge >= 0.3 is 0 Å². The Morgan fingerprint density at radius 1 is 1.22 bits per heavy atom. The Bertz CT molecular complexity index is 607. The Morgan fingerprint density at radius 3 is 2.61 bits per heavy atom. The summed E-state index contributed by atoms with van der Waals surface area (Å²) < 4.78 is 6.61. The predicted molar refractivity (Wildman–Crippen MR) is 70.6 cm³/mol. The van der Waals surface area contributed by atoms with Gasteiger partial charge in [0.25, 0.3) is 5.69 Å². The van der Waals surface area contributed by atoms with Crippen LogP contribution in [-0.2, 0) is 0 Å². The number of hydrogen-bond donors (Lipinski definition) is 0. The quantitative estimate of drug-likeness (QED) is 0.604. The molecule has 0 aromatic carbocycles. The molecule has 0 bridgehead atoms. The first-order valence-electron chi connectivity index (χ1n) is 4.64. The topological polar surface area (TPSA) is 78.2 Å². The van der Waals surface area contributed by atoms with Crippen LogP contribution in [0.25, 0.3) is 0 Å². The van der Waals surface area contributed by atoms with Crippen LogP contribution in [0.3, 0.4) is 0 Å². The maximum absolute atomic E-state index is 10.6. The Kier molecular flexibility index (Phi) is 3.87. The first kappa shape index (κ1) is 12.9. The zero-order valence-corrected chi connectivity index (χ0v) is 11.9. The Labute approximate surface area is 118 Å². The third-order valence-corrected chi connectivity index (χ3v) is 2.90. The van der Waals surface area contributed by atoms with E-state index in [2.05, 4.69) is 41.8 Å². The molecule has 0 saturated carbocycles. The first-order chi connectivity index (χ1) is 8.56. The van der Waals surface area contributed by atoms with Crippen molar-refractivity contribution in [2.45, 2.75) is 0 Å². The van der Waals surface area contributed by atoms with Crippen LogP contribution in [0.15, 0.2) is 39.7 Å². The van der Waals surface area contributed by atoms with Crippen molar-refractivity contribution in [2.24, 2.45) is 0 Å². The van der Waals surface area contributed by atoms with Crippen LogP contribution < -0.4 is 4.74 Å². The van der Waals surface area contributed by atoms with E-state index in [4.69, 9.17) is 4.74 Å². The summed E-state index contributed by atoms with van der Waals surface area (Å²) in [6.07, 6.45) is 4.26. The number of nitro groups is 1. The summed E-state index contributed by atoms with van der Waals surface area (Å²) in [5, 5.41) is 10.6. The lowest BCUT2D eigenvalue weighted by atomic mass is 10.4. The van der Waals surface area contributed by atoms with E-state index in [-0.39, 0.29) is 11.6 Å². The number of pyridine rings is 2. The molecule has 2 heterocycles. The molecule has 2 rings (SSSR count). The smallest absolute Gasteiger partial charge is 0.288 e. The molecule has 0 amide bonds. The van der Waals surface area contributed by atoms with E-state index in [1.54, 1.807) is 12.3 Å². The van der Waals surface area contributed by atoms with Crippen molar-refractivity contribution in [3.63, 3.8) is 0 Å². The summed E-state index contributed by atoms with van der Waals surface area (Å²) in [6.45, 7) is 0. The van der Waals surface area contributed by atoms with Gasteiger partial charge in [-0.05, 0) is 37.9 Å². The number of rotatable bonds is 3. The van der Waals surface area contributed by atoms with Crippen molar-refractivity contribution in [3.8, 4) is 11.6 Å². The maximum atomic E-state index is 10.6. The van der Waals surface area contributed by atoms with Gasteiger partial charge in [0.2, 0.25) is 5.88 Å². The fourth-order valence-electron chi connectivity index (χ4n) is 1.15. The van der Waals surface area contributed by atoms with Crippen molar-refractivity contribution in [1.82, 2.24) is 9.97 Å². The molecule has 0 unspecified atom stereocenters. The summed E-state index contributed by atoms with van der Waals surface area (Å²) in [7, 11) is 0. The number of hydrogen-bond acceptors (Lipinski definition) is 5. The molecule has 0 spiro atoms. The minimum absolute atomic E-state index is 0.110.